The van der Waals surface area contributed by atoms with Crippen LogP contribution in [0.25, 0.3) is 0 Å². The van der Waals surface area contributed by atoms with E-state index in [4.69, 9.17) is 0 Å². The maximum atomic E-state index is 13.2. The average molecular weight is 400 g/mol. The van der Waals surface area contributed by atoms with E-state index >= 15 is 0 Å². The van der Waals surface area contributed by atoms with Crippen LogP contribution in [0.2, 0.25) is 0 Å². The normalized spacial score (nSPS) is 22.2. The highest BCUT2D eigenvalue weighted by molar-refractivity contribution is 7.89. The minimum atomic E-state index is -3.66. The summed E-state index contributed by atoms with van der Waals surface area (Å²) in [6.07, 6.45) is 7.93. The first kappa shape index (κ1) is 19.1. The van der Waals surface area contributed by atoms with Crippen molar-refractivity contribution in [1.29, 1.82) is 0 Å². The number of amides is 1. The van der Waals surface area contributed by atoms with Crippen molar-refractivity contribution >= 4 is 21.6 Å². The van der Waals surface area contributed by atoms with Gasteiger partial charge in [0.1, 0.15) is 4.90 Å². The van der Waals surface area contributed by atoms with E-state index in [1.165, 1.54) is 10.5 Å². The van der Waals surface area contributed by atoms with E-state index in [0.717, 1.165) is 37.8 Å². The van der Waals surface area contributed by atoms with Gasteiger partial charge in [0.25, 0.3) is 0 Å². The number of rotatable bonds is 4. The Balaban J connectivity index is 1.62. The van der Waals surface area contributed by atoms with Crippen LogP contribution < -0.4 is 5.32 Å². The Labute approximate surface area is 166 Å². The van der Waals surface area contributed by atoms with Crippen molar-refractivity contribution in [3.8, 4) is 0 Å². The Morgan fingerprint density at radius 3 is 2.50 bits per heavy atom. The lowest BCUT2D eigenvalue weighted by molar-refractivity contribution is -0.123. The minimum Gasteiger partial charge on any atom is -0.326 e. The largest absolute Gasteiger partial charge is 0.326 e. The van der Waals surface area contributed by atoms with Gasteiger partial charge in [-0.25, -0.2) is 8.42 Å². The first-order valence-corrected chi connectivity index (χ1v) is 11.2. The molecule has 1 unspecified atom stereocenters. The van der Waals surface area contributed by atoms with Gasteiger partial charge in [-0.15, -0.1) is 0 Å². The predicted octanol–water partition coefficient (Wildman–Crippen LogP) is 3.29. The molecule has 1 saturated carbocycles. The van der Waals surface area contributed by atoms with E-state index in [1.807, 2.05) is 30.3 Å². The molecule has 1 aliphatic heterocycles. The third kappa shape index (κ3) is 3.56. The molecule has 2 aromatic rings. The van der Waals surface area contributed by atoms with Crippen LogP contribution in [0.15, 0.2) is 59.8 Å². The van der Waals surface area contributed by atoms with Gasteiger partial charge in [-0.1, -0.05) is 37.5 Å². The van der Waals surface area contributed by atoms with E-state index in [2.05, 4.69) is 10.3 Å². The number of nitrogens with one attached hydrogen (secondary N) is 1. The monoisotopic (exact) mass is 399 g/mol. The Kier molecular flexibility index (Phi) is 5.21. The lowest BCUT2D eigenvalue weighted by Crippen LogP contribution is -2.39. The summed E-state index contributed by atoms with van der Waals surface area (Å²) in [5.74, 6) is -0.434. The summed E-state index contributed by atoms with van der Waals surface area (Å²) >= 11 is 0. The summed E-state index contributed by atoms with van der Waals surface area (Å²) in [7, 11) is -3.66. The smallest absolute Gasteiger partial charge is 0.244 e. The number of nitrogens with zero attached hydrogens (tertiary/aromatic N) is 2. The Morgan fingerprint density at radius 1 is 1.07 bits per heavy atom. The predicted molar refractivity (Wildman–Crippen MR) is 107 cm³/mol. The highest BCUT2D eigenvalue weighted by Crippen LogP contribution is 2.49. The molecule has 6 nitrogen and oxygen atoms in total. The lowest BCUT2D eigenvalue weighted by atomic mass is 9.67. The molecular formula is C21H25N3O3S. The molecule has 1 N–H and O–H groups in total. The molecule has 1 atom stereocenters. The summed E-state index contributed by atoms with van der Waals surface area (Å²) in [5, 5.41) is 2.99. The highest BCUT2D eigenvalue weighted by atomic mass is 32.2. The number of hydrogen-bond acceptors (Lipinski definition) is 4. The topological polar surface area (TPSA) is 79.4 Å². The molecule has 4 rings (SSSR count). The second-order valence-electron chi connectivity index (χ2n) is 7.82. The molecule has 148 valence electrons. The zero-order chi connectivity index (χ0) is 19.6. The highest BCUT2D eigenvalue weighted by Gasteiger charge is 2.53. The van der Waals surface area contributed by atoms with Crippen molar-refractivity contribution in [3.05, 3.63) is 54.9 Å². The van der Waals surface area contributed by atoms with Gasteiger partial charge in [-0.05, 0) is 42.5 Å². The molecule has 2 fully saturated rings. The third-order valence-electron chi connectivity index (χ3n) is 6.10. The van der Waals surface area contributed by atoms with Crippen LogP contribution in [0.4, 0.5) is 5.69 Å². The standard InChI is InChI=1S/C21H25N3O3S/c25-20(23-17-8-3-1-4-9-17)19-15-24(16-21(19)11-5-2-6-12-21)28(26,27)18-10-7-13-22-14-18/h1,3-4,7-10,13-14,19H,2,5-6,11-12,15-16H2,(H,23,25). The van der Waals surface area contributed by atoms with E-state index in [0.29, 0.717) is 6.54 Å². The zero-order valence-corrected chi connectivity index (χ0v) is 16.6. The van der Waals surface area contributed by atoms with E-state index in [1.54, 1.807) is 18.3 Å². The van der Waals surface area contributed by atoms with Gasteiger partial charge < -0.3 is 5.32 Å². The number of anilines is 1. The molecule has 1 aromatic heterocycles. The molecule has 1 aromatic carbocycles. The van der Waals surface area contributed by atoms with Crippen LogP contribution in [0.5, 0.6) is 0 Å². The fraction of sp³-hybridized carbons (Fsp3) is 0.429. The van der Waals surface area contributed by atoms with Crippen molar-refractivity contribution in [1.82, 2.24) is 9.29 Å². The first-order valence-electron chi connectivity index (χ1n) is 9.77. The number of pyridine rings is 1. The summed E-state index contributed by atoms with van der Waals surface area (Å²) in [6, 6.07) is 12.5. The first-order chi connectivity index (χ1) is 13.5. The van der Waals surface area contributed by atoms with Crippen LogP contribution >= 0.6 is 0 Å². The fourth-order valence-corrected chi connectivity index (χ4v) is 6.14. The summed E-state index contributed by atoms with van der Waals surface area (Å²) < 4.78 is 27.8. The fourth-order valence-electron chi connectivity index (χ4n) is 4.63. The quantitative estimate of drug-likeness (QED) is 0.856. The van der Waals surface area contributed by atoms with Gasteiger partial charge in [0.15, 0.2) is 0 Å². The van der Waals surface area contributed by atoms with Crippen LogP contribution in [-0.4, -0.2) is 36.7 Å². The lowest BCUT2D eigenvalue weighted by Gasteiger charge is -2.37. The summed E-state index contributed by atoms with van der Waals surface area (Å²) in [4.78, 5) is 17.3. The van der Waals surface area contributed by atoms with Gasteiger partial charge in [0.05, 0.1) is 5.92 Å². The van der Waals surface area contributed by atoms with Crippen molar-refractivity contribution in [2.75, 3.05) is 18.4 Å². The summed E-state index contributed by atoms with van der Waals surface area (Å²) in [6.45, 7) is 0.618. The number of benzene rings is 1. The van der Waals surface area contributed by atoms with Gasteiger partial charge in [-0.2, -0.15) is 4.31 Å². The van der Waals surface area contributed by atoms with Gasteiger partial charge >= 0.3 is 0 Å². The number of carbonyl (C=O) groups excluding carboxylic acids is 1. The molecule has 7 heteroatoms. The second kappa shape index (κ2) is 7.64. The van der Waals surface area contributed by atoms with Crippen LogP contribution in [0.1, 0.15) is 32.1 Å². The number of para-hydroxylation sites is 1. The van der Waals surface area contributed by atoms with Gasteiger partial charge in [-0.3, -0.25) is 9.78 Å². The van der Waals surface area contributed by atoms with Gasteiger partial charge in [0.2, 0.25) is 15.9 Å². The Bertz CT molecular complexity index is 926. The molecule has 2 aliphatic rings. The average Bonchev–Trinajstić information content (AvgIpc) is 3.09. The maximum Gasteiger partial charge on any atom is 0.244 e. The van der Waals surface area contributed by atoms with Crippen molar-refractivity contribution in [2.24, 2.45) is 11.3 Å². The Hall–Kier alpha value is -2.25. The number of hydrogen-bond donors (Lipinski definition) is 1. The van der Waals surface area contributed by atoms with E-state index in [9.17, 15) is 13.2 Å². The van der Waals surface area contributed by atoms with Crippen molar-refractivity contribution < 1.29 is 13.2 Å². The van der Waals surface area contributed by atoms with E-state index in [-0.39, 0.29) is 28.7 Å². The third-order valence-corrected chi connectivity index (χ3v) is 7.89. The number of aromatic nitrogens is 1. The zero-order valence-electron chi connectivity index (χ0n) is 15.8. The van der Waals surface area contributed by atoms with Crippen LogP contribution in [0, 0.1) is 11.3 Å². The van der Waals surface area contributed by atoms with Crippen LogP contribution in [-0.2, 0) is 14.8 Å². The van der Waals surface area contributed by atoms with Gasteiger partial charge in [0, 0.05) is 31.2 Å². The summed E-state index contributed by atoms with van der Waals surface area (Å²) in [5.41, 5.74) is 0.457. The SMILES string of the molecule is O=C(Nc1ccccc1)C1CN(S(=O)(=O)c2cccnc2)CC12CCCCC2. The second-order valence-corrected chi connectivity index (χ2v) is 9.76. The maximum absolute atomic E-state index is 13.2. The molecule has 0 bridgehead atoms. The molecule has 2 heterocycles. The molecule has 1 saturated heterocycles. The molecular weight excluding hydrogens is 374 g/mol. The van der Waals surface area contributed by atoms with Crippen molar-refractivity contribution in [3.63, 3.8) is 0 Å². The Morgan fingerprint density at radius 2 is 1.82 bits per heavy atom. The van der Waals surface area contributed by atoms with Crippen LogP contribution in [0.3, 0.4) is 0 Å². The van der Waals surface area contributed by atoms with E-state index < -0.39 is 10.0 Å². The molecule has 28 heavy (non-hydrogen) atoms. The molecule has 1 spiro atoms. The minimum absolute atomic E-state index is 0.0861. The number of carbonyl (C=O) groups is 1. The molecule has 0 radical (unpaired) electrons. The number of sulfonamides is 1. The molecule has 1 amide bonds. The molecule has 1 aliphatic carbocycles. The van der Waals surface area contributed by atoms with Crippen molar-refractivity contribution in [2.45, 2.75) is 37.0 Å².